The number of hydrogen-bond acceptors (Lipinski definition) is 5. The molecule has 0 saturated heterocycles. The first-order chi connectivity index (χ1) is 13.0. The zero-order valence-corrected chi connectivity index (χ0v) is 15.5. The number of carbonyl (C=O) groups excluding carboxylic acids is 2. The van der Waals surface area contributed by atoms with Crippen LogP contribution in [0.2, 0.25) is 0 Å². The predicted octanol–water partition coefficient (Wildman–Crippen LogP) is 2.67. The van der Waals surface area contributed by atoms with Gasteiger partial charge in [0.2, 0.25) is 0 Å². The number of fused-ring (bicyclic) bond motifs is 1. The number of carbonyl (C=O) groups is 2. The maximum Gasteiger partial charge on any atom is 0.338 e. The molecule has 0 unspecified atom stereocenters. The third kappa shape index (κ3) is 4.03. The molecule has 2 amide bonds. The number of hydrogen-bond donors (Lipinski definition) is 2. The minimum absolute atomic E-state index is 0.143. The molecule has 0 saturated carbocycles. The number of urea groups is 1. The van der Waals surface area contributed by atoms with Crippen LogP contribution in [0.15, 0.2) is 47.7 Å². The summed E-state index contributed by atoms with van der Waals surface area (Å²) >= 11 is 0. The number of ether oxygens (including phenoxy) is 3. The second-order valence-corrected chi connectivity index (χ2v) is 6.17. The third-order valence-electron chi connectivity index (χ3n) is 4.41. The Balaban J connectivity index is 1.96. The van der Waals surface area contributed by atoms with Crippen molar-refractivity contribution in [3.05, 3.63) is 53.2 Å². The third-order valence-corrected chi connectivity index (χ3v) is 4.41. The molecule has 1 heterocycles. The number of benzene rings is 2. The maximum absolute atomic E-state index is 12.6. The Morgan fingerprint density at radius 3 is 2.56 bits per heavy atom. The van der Waals surface area contributed by atoms with Crippen LogP contribution in [0.25, 0.3) is 10.8 Å². The minimum atomic E-state index is -0.597. The van der Waals surface area contributed by atoms with Gasteiger partial charge >= 0.3 is 12.0 Å². The summed E-state index contributed by atoms with van der Waals surface area (Å²) in [4.78, 5) is 24.6. The van der Waals surface area contributed by atoms with Crippen molar-refractivity contribution in [2.75, 3.05) is 27.4 Å². The van der Waals surface area contributed by atoms with Crippen molar-refractivity contribution in [1.29, 1.82) is 0 Å². The number of methoxy groups -OCH3 is 2. The van der Waals surface area contributed by atoms with Crippen molar-refractivity contribution in [2.24, 2.45) is 0 Å². The highest BCUT2D eigenvalue weighted by molar-refractivity contribution is 5.95. The summed E-state index contributed by atoms with van der Waals surface area (Å²) in [5.74, 6) is 0.278. The molecule has 27 heavy (non-hydrogen) atoms. The molecule has 0 radical (unpaired) electrons. The maximum atomic E-state index is 12.6. The van der Waals surface area contributed by atoms with Crippen LogP contribution in [0.4, 0.5) is 4.79 Å². The van der Waals surface area contributed by atoms with E-state index in [4.69, 9.17) is 14.2 Å². The van der Waals surface area contributed by atoms with Gasteiger partial charge in [-0.25, -0.2) is 9.59 Å². The molecule has 0 aromatic heterocycles. The molecular weight excluding hydrogens is 348 g/mol. The lowest BCUT2D eigenvalue weighted by Crippen LogP contribution is -2.45. The van der Waals surface area contributed by atoms with E-state index < -0.39 is 12.0 Å². The average molecular weight is 370 g/mol. The van der Waals surface area contributed by atoms with Gasteiger partial charge in [-0.05, 0) is 41.5 Å². The molecule has 1 aliphatic rings. The average Bonchev–Trinajstić information content (AvgIpc) is 2.66. The van der Waals surface area contributed by atoms with Gasteiger partial charge in [0.15, 0.2) is 0 Å². The summed E-state index contributed by atoms with van der Waals surface area (Å²) in [5, 5.41) is 7.42. The fourth-order valence-electron chi connectivity index (χ4n) is 3.06. The normalized spacial score (nSPS) is 16.7. The second kappa shape index (κ2) is 8.09. The van der Waals surface area contributed by atoms with Crippen LogP contribution < -0.4 is 15.4 Å². The summed E-state index contributed by atoms with van der Waals surface area (Å²) < 4.78 is 15.4. The molecule has 0 bridgehead atoms. The first-order valence-electron chi connectivity index (χ1n) is 8.55. The fraction of sp³-hybridized carbons (Fsp3) is 0.300. The molecule has 142 valence electrons. The van der Waals surface area contributed by atoms with Crippen LogP contribution in [-0.2, 0) is 14.3 Å². The standard InChI is InChI=1S/C20H22N2O5/c1-12-17(19(23)27-9-8-25-2)18(22-20(24)21-12)15-5-4-14-11-16(26-3)7-6-13(14)10-15/h4-7,10-11,18H,8-9H2,1-3H3,(H2,21,22,24)/t18-/m0/s1. The smallest absolute Gasteiger partial charge is 0.338 e. The second-order valence-electron chi connectivity index (χ2n) is 6.17. The number of nitrogens with one attached hydrogen (secondary N) is 2. The molecule has 2 aromatic carbocycles. The molecular formula is C20H22N2O5. The number of rotatable bonds is 6. The van der Waals surface area contributed by atoms with Gasteiger partial charge in [-0.3, -0.25) is 0 Å². The van der Waals surface area contributed by atoms with Crippen molar-refractivity contribution < 1.29 is 23.8 Å². The van der Waals surface area contributed by atoms with E-state index in [1.54, 1.807) is 14.0 Å². The Labute approximate surface area is 157 Å². The van der Waals surface area contributed by atoms with E-state index in [2.05, 4.69) is 10.6 Å². The van der Waals surface area contributed by atoms with Crippen LogP contribution in [0.3, 0.4) is 0 Å². The molecule has 3 rings (SSSR count). The number of esters is 1. The lowest BCUT2D eigenvalue weighted by molar-refractivity contribution is -0.140. The van der Waals surface area contributed by atoms with Gasteiger partial charge in [-0.1, -0.05) is 18.2 Å². The van der Waals surface area contributed by atoms with Crippen LogP contribution in [0.1, 0.15) is 18.5 Å². The van der Waals surface area contributed by atoms with E-state index in [1.165, 1.54) is 7.11 Å². The Morgan fingerprint density at radius 1 is 1.07 bits per heavy atom. The van der Waals surface area contributed by atoms with E-state index in [-0.39, 0.29) is 12.6 Å². The first kappa shape index (κ1) is 18.7. The molecule has 0 fully saturated rings. The van der Waals surface area contributed by atoms with Gasteiger partial charge in [0.25, 0.3) is 0 Å². The lowest BCUT2D eigenvalue weighted by atomic mass is 9.93. The predicted molar refractivity (Wildman–Crippen MR) is 100 cm³/mol. The van der Waals surface area contributed by atoms with Crippen LogP contribution >= 0.6 is 0 Å². The number of amides is 2. The summed E-state index contributed by atoms with van der Waals surface area (Å²) in [6.45, 7) is 2.13. The van der Waals surface area contributed by atoms with Crippen LogP contribution in [0, 0.1) is 0 Å². The Hall–Kier alpha value is -3.06. The Morgan fingerprint density at radius 2 is 1.81 bits per heavy atom. The lowest BCUT2D eigenvalue weighted by Gasteiger charge is -2.28. The van der Waals surface area contributed by atoms with E-state index in [0.29, 0.717) is 17.9 Å². The molecule has 0 spiro atoms. The quantitative estimate of drug-likeness (QED) is 0.603. The van der Waals surface area contributed by atoms with E-state index >= 15 is 0 Å². The minimum Gasteiger partial charge on any atom is -0.497 e. The summed E-state index contributed by atoms with van der Waals surface area (Å²) in [7, 11) is 3.16. The van der Waals surface area contributed by atoms with Crippen molar-refractivity contribution in [3.8, 4) is 5.75 Å². The SMILES string of the molecule is COCCOC(=O)C1=C(C)NC(=O)N[C@H]1c1ccc2cc(OC)ccc2c1. The van der Waals surface area contributed by atoms with Crippen molar-refractivity contribution in [2.45, 2.75) is 13.0 Å². The molecule has 7 nitrogen and oxygen atoms in total. The zero-order valence-electron chi connectivity index (χ0n) is 15.5. The molecule has 1 atom stereocenters. The highest BCUT2D eigenvalue weighted by Gasteiger charge is 2.32. The summed E-state index contributed by atoms with van der Waals surface area (Å²) in [6.07, 6.45) is 0. The van der Waals surface area contributed by atoms with E-state index in [9.17, 15) is 9.59 Å². The fourth-order valence-corrected chi connectivity index (χ4v) is 3.06. The first-order valence-corrected chi connectivity index (χ1v) is 8.55. The highest BCUT2D eigenvalue weighted by Crippen LogP contribution is 2.30. The van der Waals surface area contributed by atoms with E-state index in [0.717, 1.165) is 22.1 Å². The van der Waals surface area contributed by atoms with Crippen LogP contribution in [0.5, 0.6) is 5.75 Å². The van der Waals surface area contributed by atoms with Gasteiger partial charge in [0, 0.05) is 12.8 Å². The zero-order chi connectivity index (χ0) is 19.4. The highest BCUT2D eigenvalue weighted by atomic mass is 16.6. The Bertz CT molecular complexity index is 906. The molecule has 7 heteroatoms. The summed E-state index contributed by atoms with van der Waals surface area (Å²) in [5.41, 5.74) is 1.64. The van der Waals surface area contributed by atoms with Gasteiger partial charge in [-0.2, -0.15) is 0 Å². The molecule has 1 aliphatic heterocycles. The summed E-state index contributed by atoms with van der Waals surface area (Å²) in [6, 6.07) is 10.5. The van der Waals surface area contributed by atoms with Gasteiger partial charge in [-0.15, -0.1) is 0 Å². The largest absolute Gasteiger partial charge is 0.497 e. The van der Waals surface area contributed by atoms with Crippen LogP contribution in [-0.4, -0.2) is 39.4 Å². The van der Waals surface area contributed by atoms with Crippen molar-refractivity contribution >= 4 is 22.8 Å². The van der Waals surface area contributed by atoms with Gasteiger partial charge < -0.3 is 24.8 Å². The number of allylic oxidation sites excluding steroid dienone is 1. The molecule has 2 N–H and O–H groups in total. The van der Waals surface area contributed by atoms with Crippen molar-refractivity contribution in [3.63, 3.8) is 0 Å². The monoisotopic (exact) mass is 370 g/mol. The van der Waals surface area contributed by atoms with Gasteiger partial charge in [0.05, 0.1) is 25.3 Å². The Kier molecular flexibility index (Phi) is 5.61. The van der Waals surface area contributed by atoms with Crippen molar-refractivity contribution in [1.82, 2.24) is 10.6 Å². The topological polar surface area (TPSA) is 85.9 Å². The molecule has 0 aliphatic carbocycles. The van der Waals surface area contributed by atoms with Gasteiger partial charge in [0.1, 0.15) is 12.4 Å². The van der Waals surface area contributed by atoms with E-state index in [1.807, 2.05) is 36.4 Å². The molecule has 2 aromatic rings.